The predicted molar refractivity (Wildman–Crippen MR) is 352 cm³/mol. The van der Waals surface area contributed by atoms with E-state index in [1.807, 2.05) is 0 Å². The van der Waals surface area contributed by atoms with Crippen molar-refractivity contribution in [1.29, 1.82) is 0 Å². The van der Waals surface area contributed by atoms with Gasteiger partial charge in [-0.2, -0.15) is 0 Å². The fourth-order valence-corrected chi connectivity index (χ4v) is 8.62. The lowest BCUT2D eigenvalue weighted by molar-refractivity contribution is -0.167. The van der Waals surface area contributed by atoms with Crippen molar-refractivity contribution in [3.63, 3.8) is 0 Å². The van der Waals surface area contributed by atoms with Crippen molar-refractivity contribution in [2.45, 2.75) is 284 Å². The third-order valence-corrected chi connectivity index (χ3v) is 13.5. The summed E-state index contributed by atoms with van der Waals surface area (Å²) in [5.41, 5.74) is 0. The van der Waals surface area contributed by atoms with E-state index in [0.29, 0.717) is 19.3 Å². The Kier molecular flexibility index (Phi) is 63.4. The maximum atomic E-state index is 12.9. The molecule has 0 spiro atoms. The van der Waals surface area contributed by atoms with E-state index < -0.39 is 6.10 Å². The normalized spacial score (nSPS) is 13.2. The highest BCUT2D eigenvalue weighted by Crippen LogP contribution is 2.15. The van der Waals surface area contributed by atoms with E-state index in [0.717, 1.165) is 167 Å². The lowest BCUT2D eigenvalue weighted by Gasteiger charge is -2.18. The molecule has 0 bridgehead atoms. The molecule has 0 fully saturated rings. The van der Waals surface area contributed by atoms with Crippen LogP contribution in [0.2, 0.25) is 0 Å². The van der Waals surface area contributed by atoms with Crippen molar-refractivity contribution in [3.8, 4) is 0 Å². The summed E-state index contributed by atoms with van der Waals surface area (Å²) in [5.74, 6) is -0.952. The standard InChI is InChI=1S/C75H120O6/c1-4-7-10-13-16-19-22-25-28-31-34-36-37-39-41-44-47-50-53-56-59-62-65-68-74(77)80-71-72(70-79-73(76)67-64-61-58-55-52-49-46-43-40-33-30-27-24-21-18-15-12-9-6-3)81-75(78)69-66-63-60-57-54-51-48-45-42-38-35-32-29-26-23-20-17-14-11-8-5-2/h7-8,10-11,16-21,25-30,34-36,38-39,41,45,47-48,50,72H,4-6,9,12-15,22-24,31-33,37,40,42-44,46,49,51-71H2,1-3H3/b10-7-,11-8-,19-16-,20-17-,21-18-,28-25-,29-26-,30-27-,36-34-,38-35-,41-39-,48-45-,50-47-. The largest absolute Gasteiger partial charge is 0.462 e. The van der Waals surface area contributed by atoms with E-state index in [1.54, 1.807) is 0 Å². The molecule has 0 radical (unpaired) electrons. The summed E-state index contributed by atoms with van der Waals surface area (Å²) in [6, 6.07) is 0. The van der Waals surface area contributed by atoms with Crippen LogP contribution in [0.15, 0.2) is 158 Å². The van der Waals surface area contributed by atoms with Gasteiger partial charge in [0.1, 0.15) is 13.2 Å². The van der Waals surface area contributed by atoms with E-state index in [9.17, 15) is 14.4 Å². The SMILES string of the molecule is CC/C=C\C/C=C\C/C=C\C/C=C\C/C=C\C/C=C\CCCCCCC(=O)OCC(COC(=O)CCCCCCCCCCC/C=C\C/C=C\CCCCC)OC(=O)CCCCCCC/C=C\C/C=C\C/C=C\C/C=C\C/C=C\CC. The number of ether oxygens (including phenoxy) is 3. The first-order chi connectivity index (χ1) is 40.0. The summed E-state index contributed by atoms with van der Waals surface area (Å²) in [5, 5.41) is 0. The van der Waals surface area contributed by atoms with Gasteiger partial charge in [0, 0.05) is 19.3 Å². The fraction of sp³-hybridized carbons (Fsp3) is 0.613. The van der Waals surface area contributed by atoms with Crippen LogP contribution in [0.5, 0.6) is 0 Å². The number of carbonyl (C=O) groups is 3. The van der Waals surface area contributed by atoms with E-state index in [2.05, 4.69) is 179 Å². The lowest BCUT2D eigenvalue weighted by Crippen LogP contribution is -2.30. The quantitative estimate of drug-likeness (QED) is 0.0261. The summed E-state index contributed by atoms with van der Waals surface area (Å²) >= 11 is 0. The minimum atomic E-state index is -0.812. The zero-order chi connectivity index (χ0) is 58.5. The summed E-state index contributed by atoms with van der Waals surface area (Å²) in [6.07, 6.45) is 98.1. The molecular formula is C75H120O6. The Bertz CT molecular complexity index is 1810. The van der Waals surface area contributed by atoms with Gasteiger partial charge in [-0.1, -0.05) is 269 Å². The highest BCUT2D eigenvalue weighted by atomic mass is 16.6. The maximum Gasteiger partial charge on any atom is 0.306 e. The molecule has 6 heteroatoms. The lowest BCUT2D eigenvalue weighted by atomic mass is 10.1. The van der Waals surface area contributed by atoms with Crippen molar-refractivity contribution in [3.05, 3.63) is 158 Å². The van der Waals surface area contributed by atoms with E-state index in [4.69, 9.17) is 14.2 Å². The number of hydrogen-bond acceptors (Lipinski definition) is 6. The molecule has 0 rings (SSSR count). The third-order valence-electron chi connectivity index (χ3n) is 13.5. The topological polar surface area (TPSA) is 78.9 Å². The molecule has 0 aromatic carbocycles. The van der Waals surface area contributed by atoms with Gasteiger partial charge in [0.2, 0.25) is 0 Å². The van der Waals surface area contributed by atoms with Gasteiger partial charge in [-0.25, -0.2) is 0 Å². The molecule has 0 saturated heterocycles. The Morgan fingerprint density at radius 3 is 0.753 bits per heavy atom. The molecule has 0 aliphatic carbocycles. The van der Waals surface area contributed by atoms with Crippen LogP contribution < -0.4 is 0 Å². The van der Waals surface area contributed by atoms with Gasteiger partial charge >= 0.3 is 17.9 Å². The molecule has 0 heterocycles. The van der Waals surface area contributed by atoms with Gasteiger partial charge in [-0.15, -0.1) is 0 Å². The molecule has 0 aromatic heterocycles. The number of carbonyl (C=O) groups excluding carboxylic acids is 3. The molecule has 1 atom stereocenters. The summed E-state index contributed by atoms with van der Waals surface area (Å²) in [4.78, 5) is 38.4. The smallest absolute Gasteiger partial charge is 0.306 e. The molecule has 6 nitrogen and oxygen atoms in total. The molecule has 1 unspecified atom stereocenters. The van der Waals surface area contributed by atoms with Gasteiger partial charge in [-0.3, -0.25) is 14.4 Å². The van der Waals surface area contributed by atoms with Crippen LogP contribution in [0.3, 0.4) is 0 Å². The van der Waals surface area contributed by atoms with E-state index in [1.165, 1.54) is 70.6 Å². The molecule has 0 aliphatic rings. The summed E-state index contributed by atoms with van der Waals surface area (Å²) in [7, 11) is 0. The molecule has 456 valence electrons. The Hall–Kier alpha value is -4.97. The Morgan fingerprint density at radius 2 is 0.481 bits per heavy atom. The second-order valence-electron chi connectivity index (χ2n) is 21.3. The number of esters is 3. The minimum Gasteiger partial charge on any atom is -0.462 e. The Balaban J connectivity index is 4.52. The van der Waals surface area contributed by atoms with E-state index >= 15 is 0 Å². The highest BCUT2D eigenvalue weighted by Gasteiger charge is 2.19. The van der Waals surface area contributed by atoms with Crippen LogP contribution >= 0.6 is 0 Å². The average Bonchev–Trinajstić information content (AvgIpc) is 3.47. The molecular weight excluding hydrogens is 997 g/mol. The zero-order valence-electron chi connectivity index (χ0n) is 52.2. The van der Waals surface area contributed by atoms with Gasteiger partial charge in [0.25, 0.3) is 0 Å². The fourth-order valence-electron chi connectivity index (χ4n) is 8.62. The highest BCUT2D eigenvalue weighted by molar-refractivity contribution is 5.71. The molecule has 0 aliphatic heterocycles. The number of rotatable bonds is 58. The average molecular weight is 1120 g/mol. The van der Waals surface area contributed by atoms with Crippen LogP contribution in [0.1, 0.15) is 278 Å². The number of hydrogen-bond donors (Lipinski definition) is 0. The molecule has 0 aromatic rings. The van der Waals surface area contributed by atoms with Crippen LogP contribution in [-0.2, 0) is 28.6 Å². The second-order valence-corrected chi connectivity index (χ2v) is 21.3. The van der Waals surface area contributed by atoms with Crippen LogP contribution in [-0.4, -0.2) is 37.2 Å². The van der Waals surface area contributed by atoms with Gasteiger partial charge in [0.05, 0.1) is 0 Å². The van der Waals surface area contributed by atoms with Crippen molar-refractivity contribution < 1.29 is 28.6 Å². The molecule has 81 heavy (non-hydrogen) atoms. The monoisotopic (exact) mass is 1120 g/mol. The first-order valence-electron chi connectivity index (χ1n) is 33.0. The number of allylic oxidation sites excluding steroid dienone is 26. The molecule has 0 saturated carbocycles. The van der Waals surface area contributed by atoms with Gasteiger partial charge in [-0.05, 0) is 148 Å². The summed E-state index contributed by atoms with van der Waals surface area (Å²) in [6.45, 7) is 6.35. The maximum absolute atomic E-state index is 12.9. The van der Waals surface area contributed by atoms with Gasteiger partial charge in [0.15, 0.2) is 6.10 Å². The Labute approximate surface area is 499 Å². The van der Waals surface area contributed by atoms with Gasteiger partial charge < -0.3 is 14.2 Å². The van der Waals surface area contributed by atoms with Crippen LogP contribution in [0.4, 0.5) is 0 Å². The number of unbranched alkanes of at least 4 members (excludes halogenated alkanes) is 21. The van der Waals surface area contributed by atoms with Crippen molar-refractivity contribution in [1.82, 2.24) is 0 Å². The second kappa shape index (κ2) is 67.5. The molecule has 0 amide bonds. The Morgan fingerprint density at radius 1 is 0.259 bits per heavy atom. The van der Waals surface area contributed by atoms with Crippen molar-refractivity contribution in [2.75, 3.05) is 13.2 Å². The minimum absolute atomic E-state index is 0.103. The van der Waals surface area contributed by atoms with Crippen molar-refractivity contribution >= 4 is 17.9 Å². The van der Waals surface area contributed by atoms with E-state index in [-0.39, 0.29) is 31.1 Å². The third kappa shape index (κ3) is 65.7. The van der Waals surface area contributed by atoms with Crippen LogP contribution in [0.25, 0.3) is 0 Å². The first kappa shape index (κ1) is 76.0. The zero-order valence-corrected chi connectivity index (χ0v) is 52.2. The first-order valence-corrected chi connectivity index (χ1v) is 33.0. The predicted octanol–water partition coefficient (Wildman–Crippen LogP) is 22.9. The molecule has 0 N–H and O–H groups in total. The van der Waals surface area contributed by atoms with Crippen molar-refractivity contribution in [2.24, 2.45) is 0 Å². The van der Waals surface area contributed by atoms with Crippen LogP contribution in [0, 0.1) is 0 Å². The summed E-state index contributed by atoms with van der Waals surface area (Å²) < 4.78 is 16.9.